The van der Waals surface area contributed by atoms with Gasteiger partial charge in [-0.1, -0.05) is 33.6 Å². The average molecular weight is 243 g/mol. The van der Waals surface area contributed by atoms with E-state index in [2.05, 4.69) is 26.1 Å². The van der Waals surface area contributed by atoms with Crippen molar-refractivity contribution in [2.75, 3.05) is 26.4 Å². The van der Waals surface area contributed by atoms with Crippen LogP contribution in [0.2, 0.25) is 0 Å². The van der Waals surface area contributed by atoms with Gasteiger partial charge in [-0.3, -0.25) is 0 Å². The highest BCUT2D eigenvalue weighted by molar-refractivity contribution is 4.81. The quantitative estimate of drug-likeness (QED) is 0.665. The molecule has 1 saturated carbocycles. The molecule has 0 spiro atoms. The Morgan fingerprint density at radius 3 is 2.65 bits per heavy atom. The maximum absolute atomic E-state index is 5.94. The Bertz CT molecular complexity index is 183. The Hall–Kier alpha value is -0.120. The summed E-state index contributed by atoms with van der Waals surface area (Å²) in [5, 5.41) is 3.53. The van der Waals surface area contributed by atoms with Crippen molar-refractivity contribution >= 4 is 0 Å². The van der Waals surface area contributed by atoms with E-state index in [0.29, 0.717) is 18.1 Å². The summed E-state index contributed by atoms with van der Waals surface area (Å²) in [5.74, 6) is 0.610. The molecule has 0 aromatic heterocycles. The molecule has 0 aliphatic heterocycles. The number of hydrogen-bond donors (Lipinski definition) is 1. The Balaban J connectivity index is 2.10. The van der Waals surface area contributed by atoms with Crippen LogP contribution in [0.25, 0.3) is 0 Å². The number of rotatable bonds is 8. The molecule has 3 nitrogen and oxygen atoms in total. The van der Waals surface area contributed by atoms with Gasteiger partial charge in [-0.2, -0.15) is 0 Å². The van der Waals surface area contributed by atoms with Crippen LogP contribution in [0, 0.1) is 5.92 Å². The molecule has 0 saturated heterocycles. The summed E-state index contributed by atoms with van der Waals surface area (Å²) in [4.78, 5) is 0. The molecular formula is C14H29NO2. The van der Waals surface area contributed by atoms with Crippen LogP contribution < -0.4 is 5.32 Å². The Morgan fingerprint density at radius 1 is 1.18 bits per heavy atom. The fourth-order valence-corrected chi connectivity index (χ4v) is 2.37. The lowest BCUT2D eigenvalue weighted by Gasteiger charge is -2.32. The first-order chi connectivity index (χ1) is 8.24. The van der Waals surface area contributed by atoms with Gasteiger partial charge in [0.2, 0.25) is 0 Å². The van der Waals surface area contributed by atoms with E-state index in [9.17, 15) is 0 Å². The summed E-state index contributed by atoms with van der Waals surface area (Å²) >= 11 is 0. The number of ether oxygens (including phenoxy) is 2. The summed E-state index contributed by atoms with van der Waals surface area (Å²) in [7, 11) is 0. The molecule has 3 heteroatoms. The van der Waals surface area contributed by atoms with Crippen molar-refractivity contribution in [3.8, 4) is 0 Å². The Labute approximate surface area is 106 Å². The van der Waals surface area contributed by atoms with Gasteiger partial charge < -0.3 is 14.8 Å². The van der Waals surface area contributed by atoms with E-state index in [0.717, 1.165) is 26.4 Å². The van der Waals surface area contributed by atoms with E-state index in [-0.39, 0.29) is 0 Å². The van der Waals surface area contributed by atoms with Crippen LogP contribution in [0.4, 0.5) is 0 Å². The van der Waals surface area contributed by atoms with Gasteiger partial charge >= 0.3 is 0 Å². The Morgan fingerprint density at radius 2 is 1.94 bits per heavy atom. The highest BCUT2D eigenvalue weighted by Crippen LogP contribution is 2.21. The van der Waals surface area contributed by atoms with Gasteiger partial charge in [0.05, 0.1) is 19.3 Å². The van der Waals surface area contributed by atoms with E-state index in [1.54, 1.807) is 0 Å². The summed E-state index contributed by atoms with van der Waals surface area (Å²) in [6.45, 7) is 9.84. The lowest BCUT2D eigenvalue weighted by Crippen LogP contribution is -2.43. The summed E-state index contributed by atoms with van der Waals surface area (Å²) in [6.07, 6.45) is 5.49. The minimum absolute atomic E-state index is 0.395. The van der Waals surface area contributed by atoms with Crippen LogP contribution >= 0.6 is 0 Å². The minimum atomic E-state index is 0.395. The molecule has 102 valence electrons. The minimum Gasteiger partial charge on any atom is -0.379 e. The lowest BCUT2D eigenvalue weighted by atomic mass is 9.92. The molecule has 2 unspecified atom stereocenters. The van der Waals surface area contributed by atoms with E-state index < -0.39 is 0 Å². The van der Waals surface area contributed by atoms with Crippen LogP contribution in [0.5, 0.6) is 0 Å². The van der Waals surface area contributed by atoms with Crippen LogP contribution in [-0.4, -0.2) is 38.5 Å². The van der Waals surface area contributed by atoms with Crippen molar-refractivity contribution in [1.82, 2.24) is 5.32 Å². The molecule has 0 bridgehead atoms. The monoisotopic (exact) mass is 243 g/mol. The largest absolute Gasteiger partial charge is 0.379 e. The first-order valence-electron chi connectivity index (χ1n) is 7.16. The fourth-order valence-electron chi connectivity index (χ4n) is 2.37. The number of likely N-dealkylation sites (N-methyl/N-ethyl adjacent to an activating group) is 1. The molecule has 0 aromatic rings. The van der Waals surface area contributed by atoms with Crippen LogP contribution in [0.1, 0.15) is 46.5 Å². The van der Waals surface area contributed by atoms with Gasteiger partial charge in [-0.05, 0) is 25.3 Å². The molecule has 1 N–H and O–H groups in total. The zero-order chi connectivity index (χ0) is 12.5. The maximum Gasteiger partial charge on any atom is 0.0729 e. The smallest absolute Gasteiger partial charge is 0.0729 e. The number of nitrogens with one attached hydrogen (secondary N) is 1. The normalized spacial score (nSPS) is 25.4. The summed E-state index contributed by atoms with van der Waals surface area (Å²) in [5.41, 5.74) is 0. The molecule has 17 heavy (non-hydrogen) atoms. The van der Waals surface area contributed by atoms with Crippen molar-refractivity contribution in [3.05, 3.63) is 0 Å². The maximum atomic E-state index is 5.94. The third kappa shape index (κ3) is 6.39. The standard InChI is InChI=1S/C14H29NO2/c1-4-15-13-7-5-6-8-14(13)17-10-9-16-11-12(2)3/h12-15H,4-11H2,1-3H3. The second kappa shape index (κ2) is 8.90. The average Bonchev–Trinajstić information content (AvgIpc) is 2.31. The van der Waals surface area contributed by atoms with Crippen LogP contribution in [0.3, 0.4) is 0 Å². The van der Waals surface area contributed by atoms with E-state index in [1.165, 1.54) is 25.7 Å². The molecule has 1 aliphatic rings. The Kier molecular flexibility index (Phi) is 7.82. The SMILES string of the molecule is CCNC1CCCCC1OCCOCC(C)C. The molecule has 0 heterocycles. The van der Waals surface area contributed by atoms with E-state index >= 15 is 0 Å². The first-order valence-corrected chi connectivity index (χ1v) is 7.16. The number of hydrogen-bond acceptors (Lipinski definition) is 3. The second-order valence-electron chi connectivity index (χ2n) is 5.33. The predicted molar refractivity (Wildman–Crippen MR) is 71.3 cm³/mol. The van der Waals surface area contributed by atoms with Crippen LogP contribution in [0.15, 0.2) is 0 Å². The first kappa shape index (κ1) is 14.9. The molecule has 0 radical (unpaired) electrons. The van der Waals surface area contributed by atoms with Gasteiger partial charge in [0.1, 0.15) is 0 Å². The second-order valence-corrected chi connectivity index (χ2v) is 5.33. The van der Waals surface area contributed by atoms with Crippen molar-refractivity contribution in [2.45, 2.75) is 58.6 Å². The molecule has 1 rings (SSSR count). The molecular weight excluding hydrogens is 214 g/mol. The van der Waals surface area contributed by atoms with Crippen molar-refractivity contribution in [1.29, 1.82) is 0 Å². The van der Waals surface area contributed by atoms with E-state index in [1.807, 2.05) is 0 Å². The molecule has 1 aliphatic carbocycles. The van der Waals surface area contributed by atoms with Gasteiger partial charge in [-0.25, -0.2) is 0 Å². The van der Waals surface area contributed by atoms with E-state index in [4.69, 9.17) is 9.47 Å². The highest BCUT2D eigenvalue weighted by Gasteiger charge is 2.24. The van der Waals surface area contributed by atoms with Gasteiger partial charge in [0.15, 0.2) is 0 Å². The lowest BCUT2D eigenvalue weighted by molar-refractivity contribution is -0.0285. The van der Waals surface area contributed by atoms with Crippen molar-refractivity contribution in [2.24, 2.45) is 5.92 Å². The van der Waals surface area contributed by atoms with Gasteiger partial charge in [0.25, 0.3) is 0 Å². The predicted octanol–water partition coefficient (Wildman–Crippen LogP) is 2.60. The van der Waals surface area contributed by atoms with Crippen molar-refractivity contribution in [3.63, 3.8) is 0 Å². The molecule has 0 amide bonds. The van der Waals surface area contributed by atoms with Crippen molar-refractivity contribution < 1.29 is 9.47 Å². The summed E-state index contributed by atoms with van der Waals surface area (Å²) < 4.78 is 11.5. The zero-order valence-electron chi connectivity index (χ0n) is 11.7. The zero-order valence-corrected chi connectivity index (χ0v) is 11.7. The summed E-state index contributed by atoms with van der Waals surface area (Å²) in [6, 6.07) is 0.554. The molecule has 2 atom stereocenters. The topological polar surface area (TPSA) is 30.5 Å². The fraction of sp³-hybridized carbons (Fsp3) is 1.00. The molecule has 0 aromatic carbocycles. The van der Waals surface area contributed by atoms with Crippen LogP contribution in [-0.2, 0) is 9.47 Å². The highest BCUT2D eigenvalue weighted by atomic mass is 16.5. The molecule has 1 fully saturated rings. The third-order valence-electron chi connectivity index (χ3n) is 3.18. The van der Waals surface area contributed by atoms with Gasteiger partial charge in [0, 0.05) is 12.6 Å². The van der Waals surface area contributed by atoms with Gasteiger partial charge in [-0.15, -0.1) is 0 Å². The third-order valence-corrected chi connectivity index (χ3v) is 3.18.